The van der Waals surface area contributed by atoms with Gasteiger partial charge in [0.1, 0.15) is 5.82 Å². The molecule has 106 valence electrons. The molecule has 0 heterocycles. The summed E-state index contributed by atoms with van der Waals surface area (Å²) >= 11 is 5.77. The van der Waals surface area contributed by atoms with Crippen LogP contribution in [0.15, 0.2) is 48.5 Å². The van der Waals surface area contributed by atoms with Crippen LogP contribution in [0, 0.1) is 5.82 Å². The van der Waals surface area contributed by atoms with Gasteiger partial charge in [-0.05, 0) is 29.7 Å². The average molecular weight is 292 g/mol. The number of benzene rings is 2. The zero-order chi connectivity index (χ0) is 14.8. The van der Waals surface area contributed by atoms with Crippen LogP contribution < -0.4 is 5.73 Å². The molecule has 0 amide bonds. The van der Waals surface area contributed by atoms with E-state index in [9.17, 15) is 4.39 Å². The van der Waals surface area contributed by atoms with Crippen LogP contribution in [0.3, 0.4) is 0 Å². The molecule has 0 radical (unpaired) electrons. The zero-order valence-corrected chi connectivity index (χ0v) is 12.5. The highest BCUT2D eigenvalue weighted by Gasteiger charge is 2.29. The summed E-state index contributed by atoms with van der Waals surface area (Å²) in [6.07, 6.45) is 0.477. The average Bonchev–Trinajstić information content (AvgIpc) is 2.42. The molecule has 1 atom stereocenters. The van der Waals surface area contributed by atoms with Crippen LogP contribution in [0.2, 0.25) is 5.02 Å². The third-order valence-corrected chi connectivity index (χ3v) is 4.13. The predicted molar refractivity (Wildman–Crippen MR) is 82.6 cm³/mol. The molecule has 2 aromatic carbocycles. The molecule has 2 aromatic rings. The van der Waals surface area contributed by atoms with Gasteiger partial charge in [0.25, 0.3) is 0 Å². The van der Waals surface area contributed by atoms with Crippen molar-refractivity contribution < 1.29 is 4.39 Å². The molecule has 0 aliphatic rings. The molecular weight excluding hydrogens is 273 g/mol. The van der Waals surface area contributed by atoms with E-state index in [-0.39, 0.29) is 17.3 Å². The fourth-order valence-electron chi connectivity index (χ4n) is 2.26. The highest BCUT2D eigenvalue weighted by Crippen LogP contribution is 2.28. The summed E-state index contributed by atoms with van der Waals surface area (Å²) in [7, 11) is 0. The minimum atomic E-state index is -0.295. The first kappa shape index (κ1) is 15.0. The maximum Gasteiger partial charge on any atom is 0.127 e. The monoisotopic (exact) mass is 291 g/mol. The van der Waals surface area contributed by atoms with E-state index >= 15 is 0 Å². The molecule has 2 N–H and O–H groups in total. The third kappa shape index (κ3) is 3.20. The van der Waals surface area contributed by atoms with Gasteiger partial charge in [0, 0.05) is 16.5 Å². The van der Waals surface area contributed by atoms with Crippen LogP contribution in [0.1, 0.15) is 25.0 Å². The normalized spacial score (nSPS) is 13.2. The molecule has 20 heavy (non-hydrogen) atoms. The fourth-order valence-corrected chi connectivity index (χ4v) is 2.42. The molecule has 3 heteroatoms. The molecule has 0 aliphatic carbocycles. The Morgan fingerprint density at radius 3 is 2.40 bits per heavy atom. The van der Waals surface area contributed by atoms with Crippen LogP contribution >= 0.6 is 11.6 Å². The second-order valence-electron chi connectivity index (χ2n) is 5.63. The van der Waals surface area contributed by atoms with Gasteiger partial charge in [0.05, 0.1) is 0 Å². The molecule has 1 nitrogen and oxygen atoms in total. The summed E-state index contributed by atoms with van der Waals surface area (Å²) in [5.41, 5.74) is 7.85. The summed E-state index contributed by atoms with van der Waals surface area (Å²) in [5.74, 6) is -0.295. The highest BCUT2D eigenvalue weighted by molar-refractivity contribution is 6.30. The highest BCUT2D eigenvalue weighted by atomic mass is 35.5. The molecule has 2 rings (SSSR count). The van der Waals surface area contributed by atoms with Crippen molar-refractivity contribution >= 4 is 11.6 Å². The Hall–Kier alpha value is -1.38. The Labute approximate surface area is 124 Å². The van der Waals surface area contributed by atoms with Crippen molar-refractivity contribution in [3.05, 3.63) is 70.5 Å². The van der Waals surface area contributed by atoms with Crippen molar-refractivity contribution in [2.75, 3.05) is 0 Å². The van der Waals surface area contributed by atoms with Gasteiger partial charge < -0.3 is 5.73 Å². The van der Waals surface area contributed by atoms with E-state index in [0.29, 0.717) is 17.0 Å². The Kier molecular flexibility index (Phi) is 4.46. The summed E-state index contributed by atoms with van der Waals surface area (Å²) in [6, 6.07) is 14.6. The van der Waals surface area contributed by atoms with Crippen LogP contribution in [0.5, 0.6) is 0 Å². The topological polar surface area (TPSA) is 26.0 Å². The number of hydrogen-bond acceptors (Lipinski definition) is 1. The van der Waals surface area contributed by atoms with Crippen molar-refractivity contribution in [1.82, 2.24) is 0 Å². The molecule has 0 aromatic heterocycles. The van der Waals surface area contributed by atoms with Crippen molar-refractivity contribution in [3.63, 3.8) is 0 Å². The molecule has 0 saturated carbocycles. The number of hydrogen-bond donors (Lipinski definition) is 1. The lowest BCUT2D eigenvalue weighted by Gasteiger charge is -2.32. The molecule has 0 fully saturated rings. The van der Waals surface area contributed by atoms with E-state index in [2.05, 4.69) is 26.0 Å². The van der Waals surface area contributed by atoms with Gasteiger partial charge >= 0.3 is 0 Å². The number of halogens is 2. The van der Waals surface area contributed by atoms with Gasteiger partial charge in [-0.3, -0.25) is 0 Å². The van der Waals surface area contributed by atoms with Crippen LogP contribution in [0.25, 0.3) is 0 Å². The molecule has 0 bridgehead atoms. The quantitative estimate of drug-likeness (QED) is 0.891. The van der Waals surface area contributed by atoms with Gasteiger partial charge in [-0.25, -0.2) is 4.39 Å². The number of rotatable bonds is 4. The number of nitrogens with two attached hydrogens (primary N) is 1. The summed E-state index contributed by atoms with van der Waals surface area (Å²) in [4.78, 5) is 0. The summed E-state index contributed by atoms with van der Waals surface area (Å²) in [5, 5.41) is 0.405. The van der Waals surface area contributed by atoms with Crippen molar-refractivity contribution in [2.24, 2.45) is 5.73 Å². The van der Waals surface area contributed by atoms with Gasteiger partial charge in [-0.15, -0.1) is 0 Å². The first-order valence-electron chi connectivity index (χ1n) is 6.66. The second kappa shape index (κ2) is 5.94. The van der Waals surface area contributed by atoms with E-state index in [1.54, 1.807) is 12.1 Å². The van der Waals surface area contributed by atoms with E-state index < -0.39 is 0 Å². The third-order valence-electron chi connectivity index (χ3n) is 3.90. The Balaban J connectivity index is 2.21. The Bertz CT molecular complexity index is 581. The minimum absolute atomic E-state index is 0.180. The van der Waals surface area contributed by atoms with E-state index in [4.69, 9.17) is 17.3 Å². The molecule has 0 spiro atoms. The fraction of sp³-hybridized carbons (Fsp3) is 0.294. The minimum Gasteiger partial charge on any atom is -0.327 e. The van der Waals surface area contributed by atoms with Crippen LogP contribution in [0.4, 0.5) is 4.39 Å². The smallest absolute Gasteiger partial charge is 0.127 e. The maximum atomic E-state index is 13.9. The van der Waals surface area contributed by atoms with Crippen molar-refractivity contribution in [3.8, 4) is 0 Å². The Morgan fingerprint density at radius 1 is 1.15 bits per heavy atom. The van der Waals surface area contributed by atoms with Crippen LogP contribution in [-0.4, -0.2) is 6.04 Å². The molecule has 0 saturated heterocycles. The van der Waals surface area contributed by atoms with E-state index in [1.807, 2.05) is 18.2 Å². The predicted octanol–water partition coefficient (Wildman–Crippen LogP) is 4.33. The van der Waals surface area contributed by atoms with Gasteiger partial charge in [-0.2, -0.15) is 0 Å². The second-order valence-corrected chi connectivity index (χ2v) is 6.07. The SMILES string of the molecule is CC(C)(c1ccccc1)C(N)Cc1ccc(Cl)cc1F. The van der Waals surface area contributed by atoms with E-state index in [1.165, 1.54) is 6.07 Å². The lowest BCUT2D eigenvalue weighted by molar-refractivity contribution is 0.402. The Morgan fingerprint density at radius 2 is 1.80 bits per heavy atom. The molecular formula is C17H19ClFN. The molecule has 0 aliphatic heterocycles. The molecule has 1 unspecified atom stereocenters. The zero-order valence-electron chi connectivity index (χ0n) is 11.7. The first-order valence-corrected chi connectivity index (χ1v) is 7.04. The standard InChI is InChI=1S/C17H19ClFN/c1-17(2,13-6-4-3-5-7-13)16(20)10-12-8-9-14(18)11-15(12)19/h3-9,11,16H,10,20H2,1-2H3. The maximum absolute atomic E-state index is 13.9. The summed E-state index contributed by atoms with van der Waals surface area (Å²) in [6.45, 7) is 4.17. The van der Waals surface area contributed by atoms with Crippen LogP contribution in [-0.2, 0) is 11.8 Å². The van der Waals surface area contributed by atoms with Crippen molar-refractivity contribution in [1.29, 1.82) is 0 Å². The van der Waals surface area contributed by atoms with Gasteiger partial charge in [0.2, 0.25) is 0 Å². The van der Waals surface area contributed by atoms with E-state index in [0.717, 1.165) is 5.56 Å². The largest absolute Gasteiger partial charge is 0.327 e. The lowest BCUT2D eigenvalue weighted by atomic mass is 9.76. The lowest BCUT2D eigenvalue weighted by Crippen LogP contribution is -2.42. The van der Waals surface area contributed by atoms with Gasteiger partial charge in [-0.1, -0.05) is 61.8 Å². The first-order chi connectivity index (χ1) is 9.41. The van der Waals surface area contributed by atoms with Crippen molar-refractivity contribution in [2.45, 2.75) is 31.7 Å². The summed E-state index contributed by atoms with van der Waals surface area (Å²) < 4.78 is 13.9. The van der Waals surface area contributed by atoms with Gasteiger partial charge in [0.15, 0.2) is 0 Å².